The van der Waals surface area contributed by atoms with E-state index in [2.05, 4.69) is 4.72 Å². The van der Waals surface area contributed by atoms with Crippen molar-refractivity contribution in [2.45, 2.75) is 28.7 Å². The molecule has 20 heavy (non-hydrogen) atoms. The Morgan fingerprint density at radius 1 is 1.20 bits per heavy atom. The Balaban J connectivity index is 2.29. The van der Waals surface area contributed by atoms with Gasteiger partial charge in [-0.05, 0) is 37.0 Å². The van der Waals surface area contributed by atoms with Crippen molar-refractivity contribution in [1.29, 1.82) is 0 Å². The summed E-state index contributed by atoms with van der Waals surface area (Å²) in [6, 6.07) is 4.62. The molecule has 1 fully saturated rings. The van der Waals surface area contributed by atoms with Crippen molar-refractivity contribution in [1.82, 2.24) is 4.72 Å². The van der Waals surface area contributed by atoms with Gasteiger partial charge in [-0.3, -0.25) is 0 Å². The monoisotopic (exact) mass is 319 g/mol. The molecule has 5 N–H and O–H groups in total. The Kier molecular flexibility index (Phi) is 4.17. The molecule has 0 heterocycles. The van der Waals surface area contributed by atoms with Crippen LogP contribution in [0.3, 0.4) is 0 Å². The van der Waals surface area contributed by atoms with Crippen molar-refractivity contribution in [3.8, 4) is 0 Å². The Morgan fingerprint density at radius 2 is 1.80 bits per heavy atom. The number of nitrogens with two attached hydrogens (primary N) is 2. The van der Waals surface area contributed by atoms with E-state index in [1.54, 1.807) is 0 Å². The highest BCUT2D eigenvalue weighted by atomic mass is 32.2. The Bertz CT molecular complexity index is 696. The van der Waals surface area contributed by atoms with Crippen molar-refractivity contribution < 1.29 is 16.8 Å². The molecule has 1 atom stereocenters. The normalized spacial score (nSPS) is 17.9. The molecule has 1 aliphatic carbocycles. The predicted octanol–water partition coefficient (Wildman–Crippen LogP) is -0.650. The molecule has 0 spiro atoms. The van der Waals surface area contributed by atoms with E-state index in [-0.39, 0.29) is 28.3 Å². The molecule has 0 aliphatic heterocycles. The number of primary sulfonamides is 1. The quantitative estimate of drug-likeness (QED) is 0.641. The van der Waals surface area contributed by atoms with Gasteiger partial charge >= 0.3 is 0 Å². The van der Waals surface area contributed by atoms with Crippen LogP contribution in [0.25, 0.3) is 0 Å². The lowest BCUT2D eigenvalue weighted by atomic mass is 10.2. The van der Waals surface area contributed by atoms with Crippen molar-refractivity contribution in [3.63, 3.8) is 0 Å². The molecular weight excluding hydrogens is 302 g/mol. The summed E-state index contributed by atoms with van der Waals surface area (Å²) < 4.78 is 49.4. The lowest BCUT2D eigenvalue weighted by Crippen LogP contribution is -2.41. The number of hydrogen-bond acceptors (Lipinski definition) is 5. The third-order valence-corrected chi connectivity index (χ3v) is 5.59. The molecule has 7 nitrogen and oxygen atoms in total. The van der Waals surface area contributed by atoms with E-state index < -0.39 is 20.0 Å². The minimum atomic E-state index is -3.94. The van der Waals surface area contributed by atoms with Gasteiger partial charge in [0.25, 0.3) is 0 Å². The fourth-order valence-electron chi connectivity index (χ4n) is 1.92. The zero-order valence-corrected chi connectivity index (χ0v) is 12.3. The summed E-state index contributed by atoms with van der Waals surface area (Å²) in [6.45, 7) is 0.207. The van der Waals surface area contributed by atoms with Gasteiger partial charge in [0.05, 0.1) is 9.79 Å². The maximum atomic E-state index is 12.2. The van der Waals surface area contributed by atoms with Crippen LogP contribution in [0.1, 0.15) is 12.8 Å². The zero-order valence-electron chi connectivity index (χ0n) is 10.7. The van der Waals surface area contributed by atoms with Crippen LogP contribution in [0.2, 0.25) is 0 Å². The number of sulfonamides is 2. The fourth-order valence-corrected chi connectivity index (χ4v) is 3.92. The zero-order chi connectivity index (χ0) is 15.0. The van der Waals surface area contributed by atoms with Gasteiger partial charge in [0, 0.05) is 12.6 Å². The second kappa shape index (κ2) is 5.41. The molecule has 112 valence electrons. The van der Waals surface area contributed by atoms with Crippen molar-refractivity contribution in [3.05, 3.63) is 24.3 Å². The van der Waals surface area contributed by atoms with E-state index in [0.29, 0.717) is 0 Å². The van der Waals surface area contributed by atoms with Crippen LogP contribution in [0.15, 0.2) is 34.1 Å². The molecule has 1 saturated carbocycles. The smallest absolute Gasteiger partial charge is 0.240 e. The number of hydrogen-bond donors (Lipinski definition) is 3. The van der Waals surface area contributed by atoms with E-state index in [1.165, 1.54) is 18.2 Å². The molecule has 0 aromatic heterocycles. The Morgan fingerprint density at radius 3 is 2.30 bits per heavy atom. The van der Waals surface area contributed by atoms with Crippen LogP contribution in [-0.2, 0) is 20.0 Å². The van der Waals surface area contributed by atoms with Crippen LogP contribution in [0.4, 0.5) is 0 Å². The Labute approximate surface area is 118 Å². The number of rotatable bonds is 6. The second-order valence-electron chi connectivity index (χ2n) is 4.82. The summed E-state index contributed by atoms with van der Waals surface area (Å²) in [5.74, 6) is 0.260. The minimum Gasteiger partial charge on any atom is -0.329 e. The molecule has 0 radical (unpaired) electrons. The summed E-state index contributed by atoms with van der Waals surface area (Å²) in [4.78, 5) is -0.376. The number of nitrogens with one attached hydrogen (secondary N) is 1. The first-order chi connectivity index (χ1) is 9.24. The Hall–Kier alpha value is -1.00. The molecule has 9 heteroatoms. The topological polar surface area (TPSA) is 132 Å². The van der Waals surface area contributed by atoms with Crippen LogP contribution >= 0.6 is 0 Å². The van der Waals surface area contributed by atoms with E-state index in [0.717, 1.165) is 18.9 Å². The first kappa shape index (κ1) is 15.4. The van der Waals surface area contributed by atoms with Gasteiger partial charge < -0.3 is 5.73 Å². The van der Waals surface area contributed by atoms with Gasteiger partial charge in [-0.1, -0.05) is 6.07 Å². The molecule has 1 unspecified atom stereocenters. The highest BCUT2D eigenvalue weighted by Gasteiger charge is 2.33. The highest BCUT2D eigenvalue weighted by Crippen LogP contribution is 2.32. The summed E-state index contributed by atoms with van der Waals surface area (Å²) in [5, 5.41) is 4.99. The molecule has 1 aromatic carbocycles. The molecule has 0 amide bonds. The van der Waals surface area contributed by atoms with Gasteiger partial charge in [-0.25, -0.2) is 26.7 Å². The van der Waals surface area contributed by atoms with Crippen LogP contribution in [0.5, 0.6) is 0 Å². The predicted molar refractivity (Wildman–Crippen MR) is 73.7 cm³/mol. The molecule has 1 aromatic rings. The van der Waals surface area contributed by atoms with Crippen molar-refractivity contribution in [2.24, 2.45) is 16.8 Å². The van der Waals surface area contributed by atoms with Crippen molar-refractivity contribution in [2.75, 3.05) is 6.54 Å². The van der Waals surface area contributed by atoms with Crippen molar-refractivity contribution >= 4 is 20.0 Å². The first-order valence-corrected chi connectivity index (χ1v) is 9.12. The van der Waals surface area contributed by atoms with Gasteiger partial charge in [0.15, 0.2) is 0 Å². The largest absolute Gasteiger partial charge is 0.329 e. The van der Waals surface area contributed by atoms with E-state index >= 15 is 0 Å². The fraction of sp³-hybridized carbons (Fsp3) is 0.455. The standard InChI is InChI=1S/C11H17N3O4S2/c12-7-11(8-4-5-8)14-20(17,18)10-3-1-2-9(6-10)19(13,15)16/h1-3,6,8,11,14H,4-5,7,12H2,(H2,13,15,16). The average Bonchev–Trinajstić information content (AvgIpc) is 3.19. The molecule has 0 bridgehead atoms. The highest BCUT2D eigenvalue weighted by molar-refractivity contribution is 7.90. The van der Waals surface area contributed by atoms with Gasteiger partial charge in [-0.2, -0.15) is 0 Å². The molecular formula is C11H17N3O4S2. The second-order valence-corrected chi connectivity index (χ2v) is 8.10. The van der Waals surface area contributed by atoms with Gasteiger partial charge in [-0.15, -0.1) is 0 Å². The summed E-state index contributed by atoms with van der Waals surface area (Å²) in [5.41, 5.74) is 5.56. The van der Waals surface area contributed by atoms with Gasteiger partial charge in [0.1, 0.15) is 0 Å². The van der Waals surface area contributed by atoms with E-state index in [4.69, 9.17) is 10.9 Å². The summed E-state index contributed by atoms with van der Waals surface area (Å²) in [6.07, 6.45) is 1.89. The summed E-state index contributed by atoms with van der Waals surface area (Å²) >= 11 is 0. The lowest BCUT2D eigenvalue weighted by Gasteiger charge is -2.16. The third kappa shape index (κ3) is 3.55. The lowest BCUT2D eigenvalue weighted by molar-refractivity contribution is 0.519. The maximum Gasteiger partial charge on any atom is 0.240 e. The molecule has 1 aliphatic rings. The third-order valence-electron chi connectivity index (χ3n) is 3.20. The maximum absolute atomic E-state index is 12.2. The van der Waals surface area contributed by atoms with E-state index in [1.807, 2.05) is 0 Å². The minimum absolute atomic E-state index is 0.136. The molecule has 2 rings (SSSR count). The summed E-state index contributed by atoms with van der Waals surface area (Å²) in [7, 11) is -7.75. The van der Waals surface area contributed by atoms with Crippen LogP contribution in [0, 0.1) is 5.92 Å². The average molecular weight is 319 g/mol. The van der Waals surface area contributed by atoms with Gasteiger partial charge in [0.2, 0.25) is 20.0 Å². The number of benzene rings is 1. The van der Waals surface area contributed by atoms with Crippen LogP contribution < -0.4 is 15.6 Å². The van der Waals surface area contributed by atoms with Crippen LogP contribution in [-0.4, -0.2) is 29.4 Å². The first-order valence-electron chi connectivity index (χ1n) is 6.09. The van der Waals surface area contributed by atoms with E-state index in [9.17, 15) is 16.8 Å². The molecule has 0 saturated heterocycles. The SMILES string of the molecule is NCC(NS(=O)(=O)c1cccc(S(N)(=O)=O)c1)C1CC1.